The number of carbonyl (C=O) groups excluding carboxylic acids is 8. The molecule has 0 radical (unpaired) electrons. The molecule has 0 aliphatic carbocycles. The number of aliphatic hydroxyl groups is 1. The van der Waals surface area contributed by atoms with Crippen LogP contribution in [0.25, 0.3) is 0 Å². The van der Waals surface area contributed by atoms with Gasteiger partial charge >= 0.3 is 0 Å². The predicted octanol–water partition coefficient (Wildman–Crippen LogP) is 1.68. The summed E-state index contributed by atoms with van der Waals surface area (Å²) < 4.78 is 0. The lowest BCUT2D eigenvalue weighted by molar-refractivity contribution is -0.142. The molecule has 3 heterocycles. The summed E-state index contributed by atoms with van der Waals surface area (Å²) >= 11 is 0. The van der Waals surface area contributed by atoms with Crippen LogP contribution >= 0.6 is 0 Å². The molecule has 8 amide bonds. The molecule has 1 unspecified atom stereocenters. The van der Waals surface area contributed by atoms with Gasteiger partial charge in [-0.3, -0.25) is 38.4 Å². The largest absolute Gasteiger partial charge is 0.390 e. The Morgan fingerprint density at radius 2 is 1.19 bits per heavy atom. The van der Waals surface area contributed by atoms with Gasteiger partial charge in [0.15, 0.2) is 0 Å². The monoisotopic (exact) mass is 1040 g/mol. The maximum Gasteiger partial charge on any atom is 0.246 e. The van der Waals surface area contributed by atoms with Gasteiger partial charge in [-0.15, -0.1) is 0 Å². The first kappa shape index (κ1) is 58.5. The molecular formula is C54H76N12O9. The van der Waals surface area contributed by atoms with Crippen molar-refractivity contribution in [2.24, 2.45) is 23.5 Å². The van der Waals surface area contributed by atoms with Gasteiger partial charge in [0.2, 0.25) is 47.3 Å². The molecule has 11 N–H and O–H groups in total. The number of hydrogen-bond donors (Lipinski definition) is 10. The fourth-order valence-corrected chi connectivity index (χ4v) is 9.07. The predicted molar refractivity (Wildman–Crippen MR) is 279 cm³/mol. The molecule has 0 saturated carbocycles. The average Bonchev–Trinajstić information content (AvgIpc) is 4.19. The van der Waals surface area contributed by atoms with Crippen molar-refractivity contribution in [1.29, 1.82) is 0 Å². The summed E-state index contributed by atoms with van der Waals surface area (Å²) in [5.74, 6) is -5.25. The molecule has 21 nitrogen and oxygen atoms in total. The van der Waals surface area contributed by atoms with Crippen LogP contribution in [0.15, 0.2) is 85.7 Å². The van der Waals surface area contributed by atoms with E-state index < -0.39 is 96.2 Å². The van der Waals surface area contributed by atoms with Crippen molar-refractivity contribution in [3.8, 4) is 0 Å². The van der Waals surface area contributed by atoms with Crippen LogP contribution in [0.3, 0.4) is 0 Å². The number of imidazole rings is 2. The Morgan fingerprint density at radius 3 is 1.72 bits per heavy atom. The summed E-state index contributed by atoms with van der Waals surface area (Å²) in [6.45, 7) is 11.4. The number of nitrogens with one attached hydrogen (secondary N) is 8. The number of rotatable bonds is 29. The second-order valence-corrected chi connectivity index (χ2v) is 20.4. The number of benzene rings is 2. The molecule has 0 bridgehead atoms. The molecule has 2 aromatic heterocycles. The van der Waals surface area contributed by atoms with E-state index in [0.717, 1.165) is 5.56 Å². The van der Waals surface area contributed by atoms with Crippen molar-refractivity contribution >= 4 is 47.3 Å². The molecule has 1 saturated heterocycles. The van der Waals surface area contributed by atoms with Crippen molar-refractivity contribution in [1.82, 2.24) is 56.7 Å². The van der Waals surface area contributed by atoms with Crippen molar-refractivity contribution in [3.63, 3.8) is 0 Å². The van der Waals surface area contributed by atoms with Crippen LogP contribution in [0.1, 0.15) is 103 Å². The lowest BCUT2D eigenvalue weighted by Crippen LogP contribution is -2.60. The minimum Gasteiger partial charge on any atom is -0.390 e. The number of aromatic nitrogens is 4. The number of aromatic amines is 2. The van der Waals surface area contributed by atoms with Crippen molar-refractivity contribution < 1.29 is 43.5 Å². The fraction of sp³-hybridized carbons (Fsp3) is 0.519. The maximum atomic E-state index is 14.6. The van der Waals surface area contributed by atoms with Gasteiger partial charge in [0.1, 0.15) is 36.3 Å². The van der Waals surface area contributed by atoms with Gasteiger partial charge in [0.05, 0.1) is 31.2 Å². The normalized spacial score (nSPS) is 16.6. The maximum absolute atomic E-state index is 14.6. The number of H-pyrrole nitrogens is 2. The molecule has 4 aromatic rings. The highest BCUT2D eigenvalue weighted by Crippen LogP contribution is 2.21. The van der Waals surface area contributed by atoms with Crippen LogP contribution in [0.4, 0.5) is 0 Å². The van der Waals surface area contributed by atoms with Gasteiger partial charge < -0.3 is 57.6 Å². The van der Waals surface area contributed by atoms with Crippen molar-refractivity contribution in [2.45, 2.75) is 154 Å². The Hall–Kier alpha value is -7.42. The minimum absolute atomic E-state index is 0.0147. The third-order valence-corrected chi connectivity index (χ3v) is 13.2. The van der Waals surface area contributed by atoms with Gasteiger partial charge in [-0.05, 0) is 48.1 Å². The summed E-state index contributed by atoms with van der Waals surface area (Å²) in [5.41, 5.74) is 8.25. The van der Waals surface area contributed by atoms with E-state index in [2.05, 4.69) is 51.8 Å². The van der Waals surface area contributed by atoms with Gasteiger partial charge in [-0.2, -0.15) is 0 Å². The Balaban J connectivity index is 1.32. The highest BCUT2D eigenvalue weighted by Gasteiger charge is 2.40. The van der Waals surface area contributed by atoms with Crippen LogP contribution in [0.2, 0.25) is 0 Å². The highest BCUT2D eigenvalue weighted by atomic mass is 16.3. The minimum atomic E-state index is -1.46. The van der Waals surface area contributed by atoms with E-state index in [1.54, 1.807) is 61.7 Å². The number of aliphatic hydroxyl groups excluding tert-OH is 1. The van der Waals surface area contributed by atoms with Crippen LogP contribution in [0.5, 0.6) is 0 Å². The van der Waals surface area contributed by atoms with Gasteiger partial charge in [-0.1, -0.05) is 109 Å². The number of nitrogens with two attached hydrogens (primary N) is 1. The standard InChI is InChI=1S/C54H76N12O9/c1-7-34(6)48(53(74)62-40(49(55)70)23-35-15-10-8-11-16-35)65-47(69)27-45(67)39(21-32(2)3)61-51(72)42(25-37-28-56-30-58-37)63-50(71)41(24-36-17-12-9-13-18-36)64-52(73)44-19-14-20-66(44)54(75)43(26-38-29-57-31-59-38)60-46(68)22-33(4)5/h8-13,15-18,28-34,39-45,48,67H,7,14,19-27H2,1-6H3,(H2,55,70)(H,56,58)(H,57,59)(H,60,68)(H,61,72)(H,62,74)(H,63,71)(H,64,73)(H,65,69)/t34-,39-,40-,41-,42-,43-,44-,45?,48-/m0/s1. The quantitative estimate of drug-likeness (QED) is 0.0373. The number of likely N-dealkylation sites (tertiary alicyclic amines) is 1. The zero-order chi connectivity index (χ0) is 54.6. The fourth-order valence-electron chi connectivity index (χ4n) is 9.07. The first-order valence-electron chi connectivity index (χ1n) is 25.9. The van der Waals surface area contributed by atoms with E-state index in [9.17, 15) is 43.5 Å². The first-order chi connectivity index (χ1) is 35.8. The molecule has 1 aliphatic rings. The van der Waals surface area contributed by atoms with Crippen molar-refractivity contribution in [3.05, 3.63) is 108 Å². The topological polar surface area (TPSA) is 316 Å². The molecule has 406 valence electrons. The summed E-state index contributed by atoms with van der Waals surface area (Å²) in [6, 6.07) is 10.3. The van der Waals surface area contributed by atoms with E-state index >= 15 is 0 Å². The van der Waals surface area contributed by atoms with Gasteiger partial charge in [0, 0.05) is 62.4 Å². The number of amides is 8. The van der Waals surface area contributed by atoms with Crippen LogP contribution in [-0.2, 0) is 64.0 Å². The number of carbonyl (C=O) groups is 8. The Morgan fingerprint density at radius 1 is 0.653 bits per heavy atom. The van der Waals surface area contributed by atoms with E-state index in [1.165, 1.54) is 23.8 Å². The van der Waals surface area contributed by atoms with Crippen molar-refractivity contribution in [2.75, 3.05) is 6.54 Å². The summed E-state index contributed by atoms with van der Waals surface area (Å²) in [4.78, 5) is 126. The zero-order valence-electron chi connectivity index (χ0n) is 43.8. The third-order valence-electron chi connectivity index (χ3n) is 13.2. The Labute approximate surface area is 438 Å². The molecule has 75 heavy (non-hydrogen) atoms. The Bertz CT molecular complexity index is 2470. The summed E-state index contributed by atoms with van der Waals surface area (Å²) in [5, 5.41) is 28.5. The molecule has 1 fully saturated rings. The molecule has 1 aliphatic heterocycles. The third kappa shape index (κ3) is 18.5. The molecule has 0 spiro atoms. The van der Waals surface area contributed by atoms with E-state index in [0.29, 0.717) is 36.2 Å². The summed E-state index contributed by atoms with van der Waals surface area (Å²) in [6.07, 6.45) is 5.85. The number of primary amides is 1. The van der Waals surface area contributed by atoms with E-state index in [1.807, 2.05) is 46.8 Å². The molecule has 5 rings (SSSR count). The lowest BCUT2D eigenvalue weighted by atomic mass is 9.95. The van der Waals surface area contributed by atoms with E-state index in [4.69, 9.17) is 5.73 Å². The lowest BCUT2D eigenvalue weighted by Gasteiger charge is -2.31. The summed E-state index contributed by atoms with van der Waals surface area (Å²) in [7, 11) is 0. The van der Waals surface area contributed by atoms with Gasteiger partial charge in [0.25, 0.3) is 0 Å². The second-order valence-electron chi connectivity index (χ2n) is 20.4. The number of nitrogens with zero attached hydrogens (tertiary/aromatic N) is 3. The highest BCUT2D eigenvalue weighted by molar-refractivity contribution is 5.96. The SMILES string of the molecule is CC[C@H](C)[C@H](NC(=O)CC(O)[C@H](CC(C)C)NC(=O)[C@H](Cc1cnc[nH]1)NC(=O)[C@H](Cc1ccccc1)NC(=O)[C@@H]1CCCN1C(=O)[C@H](Cc1cnc[nH]1)NC(=O)CC(C)C)C(=O)N[C@@H](Cc1ccccc1)C(N)=O. The van der Waals surface area contributed by atoms with Crippen LogP contribution in [0, 0.1) is 17.8 Å². The molecular weight excluding hydrogens is 961 g/mol. The van der Waals surface area contributed by atoms with Crippen LogP contribution < -0.4 is 37.6 Å². The average molecular weight is 1040 g/mol. The molecule has 9 atom stereocenters. The molecule has 2 aromatic carbocycles. The van der Waals surface area contributed by atoms with E-state index in [-0.39, 0.29) is 68.7 Å². The zero-order valence-corrected chi connectivity index (χ0v) is 43.8. The second kappa shape index (κ2) is 28.9. The Kier molecular flexibility index (Phi) is 22.5. The smallest absolute Gasteiger partial charge is 0.246 e. The number of hydrogen-bond acceptors (Lipinski definition) is 11. The first-order valence-corrected chi connectivity index (χ1v) is 25.9. The van der Waals surface area contributed by atoms with Crippen LogP contribution in [-0.4, -0.2) is 132 Å². The van der Waals surface area contributed by atoms with Gasteiger partial charge in [-0.25, -0.2) is 9.97 Å². The molecule has 21 heteroatoms.